The molecule has 0 N–H and O–H groups in total. The smallest absolute Gasteiger partial charge is 0.201 e. The summed E-state index contributed by atoms with van der Waals surface area (Å²) in [5.74, 6) is 2.06. The standard InChI is InChI=1S/C57H30N6S2/c1-2-13-36-33(11-1)29-34-12-7-17-37-38-18-8-19-41-49-35(16-9-21-43(49)63(52(38)41)53(36)48(34)37)31-25-27-32(28-26-31)54-60-55(42-20-10-24-46-50(42)39-14-3-5-22-44(39)64-46)62-57(61-54)56-58-30-47-51(59-56)40-15-4-6-23-45(40)65-47/h1-30H. The molecule has 9 aromatic carbocycles. The van der Waals surface area contributed by atoms with Gasteiger partial charge < -0.3 is 4.40 Å². The lowest BCUT2D eigenvalue weighted by molar-refractivity contribution is 1.04. The molecule has 0 spiro atoms. The van der Waals surface area contributed by atoms with Crippen molar-refractivity contribution in [2.75, 3.05) is 0 Å². The molecule has 15 rings (SSSR count). The van der Waals surface area contributed by atoms with Gasteiger partial charge in [-0.25, -0.2) is 24.9 Å². The normalized spacial score (nSPS) is 12.3. The van der Waals surface area contributed by atoms with Crippen molar-refractivity contribution in [3.63, 3.8) is 0 Å². The summed E-state index contributed by atoms with van der Waals surface area (Å²) in [6.07, 6.45) is 1.90. The fourth-order valence-corrected chi connectivity index (χ4v) is 12.6. The Balaban J connectivity index is 0.937. The quantitative estimate of drug-likeness (QED) is 0.130. The third-order valence-corrected chi connectivity index (χ3v) is 15.5. The molecule has 6 heterocycles. The van der Waals surface area contributed by atoms with Crippen LogP contribution in [0.5, 0.6) is 0 Å². The van der Waals surface area contributed by atoms with Crippen LogP contribution in [0.3, 0.4) is 0 Å². The summed E-state index contributed by atoms with van der Waals surface area (Å²) in [5, 5.41) is 13.5. The molecular weight excluding hydrogens is 833 g/mol. The van der Waals surface area contributed by atoms with Crippen LogP contribution in [0.4, 0.5) is 0 Å². The Kier molecular flexibility index (Phi) is 7.16. The lowest BCUT2D eigenvalue weighted by Crippen LogP contribution is -2.02. The van der Waals surface area contributed by atoms with Gasteiger partial charge in [0.2, 0.25) is 5.82 Å². The second-order valence-corrected chi connectivity index (χ2v) is 18.9. The van der Waals surface area contributed by atoms with E-state index < -0.39 is 0 Å². The van der Waals surface area contributed by atoms with Gasteiger partial charge in [0, 0.05) is 74.5 Å². The third-order valence-electron chi connectivity index (χ3n) is 13.2. The summed E-state index contributed by atoms with van der Waals surface area (Å²) < 4.78 is 7.14. The zero-order chi connectivity index (χ0) is 42.3. The van der Waals surface area contributed by atoms with Crippen LogP contribution in [0.1, 0.15) is 0 Å². The molecule has 0 saturated carbocycles. The van der Waals surface area contributed by atoms with Gasteiger partial charge in [0.05, 0.1) is 26.8 Å². The van der Waals surface area contributed by atoms with E-state index in [1.165, 1.54) is 84.7 Å². The number of aromatic nitrogens is 6. The van der Waals surface area contributed by atoms with Crippen LogP contribution < -0.4 is 0 Å². The molecule has 0 bridgehead atoms. The van der Waals surface area contributed by atoms with Crippen LogP contribution in [-0.4, -0.2) is 29.3 Å². The molecule has 0 unspecified atom stereocenters. The van der Waals surface area contributed by atoms with Crippen molar-refractivity contribution in [1.29, 1.82) is 0 Å². The number of benzene rings is 9. The van der Waals surface area contributed by atoms with Crippen molar-refractivity contribution in [1.82, 2.24) is 29.3 Å². The van der Waals surface area contributed by atoms with E-state index in [1.807, 2.05) is 6.20 Å². The van der Waals surface area contributed by atoms with E-state index in [1.54, 1.807) is 22.7 Å². The molecule has 8 heteroatoms. The first-order valence-corrected chi connectivity index (χ1v) is 23.3. The van der Waals surface area contributed by atoms with Crippen molar-refractivity contribution < 1.29 is 0 Å². The van der Waals surface area contributed by atoms with Gasteiger partial charge in [0.1, 0.15) is 0 Å². The molecule has 6 nitrogen and oxygen atoms in total. The maximum atomic E-state index is 5.25. The Labute approximate surface area is 377 Å². The van der Waals surface area contributed by atoms with Crippen LogP contribution in [0.2, 0.25) is 0 Å². The van der Waals surface area contributed by atoms with Crippen LogP contribution in [-0.2, 0) is 0 Å². The van der Waals surface area contributed by atoms with Gasteiger partial charge in [-0.15, -0.1) is 22.7 Å². The topological polar surface area (TPSA) is 68.9 Å². The molecule has 15 aromatic rings. The Bertz CT molecular complexity index is 4490. The average Bonchev–Trinajstić information content (AvgIpc) is 4.05. The Hall–Kier alpha value is -8.17. The second kappa shape index (κ2) is 13.2. The highest BCUT2D eigenvalue weighted by molar-refractivity contribution is 7.26. The first-order valence-electron chi connectivity index (χ1n) is 21.7. The molecular formula is C57H30N6S2. The lowest BCUT2D eigenvalue weighted by Gasteiger charge is -2.15. The number of hydrogen-bond donors (Lipinski definition) is 0. The zero-order valence-electron chi connectivity index (χ0n) is 34.3. The first kappa shape index (κ1) is 35.3. The summed E-state index contributed by atoms with van der Waals surface area (Å²) in [4.78, 5) is 25.5. The van der Waals surface area contributed by atoms with Crippen LogP contribution in [0, 0.1) is 0 Å². The molecule has 0 aliphatic rings. The number of thiophene rings is 2. The summed E-state index contributed by atoms with van der Waals surface area (Å²) in [6.45, 7) is 0. The summed E-state index contributed by atoms with van der Waals surface area (Å²) in [6, 6.07) is 63.3. The molecule has 65 heavy (non-hydrogen) atoms. The molecule has 0 aliphatic carbocycles. The highest BCUT2D eigenvalue weighted by atomic mass is 32.1. The van der Waals surface area contributed by atoms with E-state index in [2.05, 4.69) is 180 Å². The molecule has 0 fully saturated rings. The van der Waals surface area contributed by atoms with Crippen LogP contribution in [0.25, 0.3) is 146 Å². The predicted molar refractivity (Wildman–Crippen MR) is 273 cm³/mol. The average molecular weight is 863 g/mol. The molecule has 0 amide bonds. The van der Waals surface area contributed by atoms with Gasteiger partial charge in [-0.1, -0.05) is 146 Å². The first-order chi connectivity index (χ1) is 32.2. The van der Waals surface area contributed by atoms with Crippen molar-refractivity contribution >= 4 is 123 Å². The largest absolute Gasteiger partial charge is 0.307 e. The molecule has 0 atom stereocenters. The van der Waals surface area contributed by atoms with Gasteiger partial charge in [0.25, 0.3) is 0 Å². The summed E-state index contributed by atoms with van der Waals surface area (Å²) in [5.41, 5.74) is 8.72. The predicted octanol–water partition coefficient (Wildman–Crippen LogP) is 15.5. The number of rotatable bonds is 4. The minimum absolute atomic E-state index is 0.435. The van der Waals surface area contributed by atoms with Crippen molar-refractivity contribution in [3.05, 3.63) is 182 Å². The minimum atomic E-state index is 0.435. The van der Waals surface area contributed by atoms with E-state index in [0.29, 0.717) is 23.3 Å². The van der Waals surface area contributed by atoms with Crippen LogP contribution >= 0.6 is 22.7 Å². The highest BCUT2D eigenvalue weighted by Gasteiger charge is 2.23. The second-order valence-electron chi connectivity index (χ2n) is 16.8. The Morgan fingerprint density at radius 1 is 0.354 bits per heavy atom. The van der Waals surface area contributed by atoms with Crippen LogP contribution in [0.15, 0.2) is 182 Å². The summed E-state index contributed by atoms with van der Waals surface area (Å²) in [7, 11) is 0. The van der Waals surface area contributed by atoms with Gasteiger partial charge >= 0.3 is 0 Å². The maximum Gasteiger partial charge on any atom is 0.201 e. The molecule has 0 saturated heterocycles. The fourth-order valence-electron chi connectivity index (χ4n) is 10.5. The van der Waals surface area contributed by atoms with E-state index in [-0.39, 0.29) is 0 Å². The minimum Gasteiger partial charge on any atom is -0.307 e. The van der Waals surface area contributed by atoms with E-state index in [0.717, 1.165) is 37.7 Å². The monoisotopic (exact) mass is 862 g/mol. The number of fused-ring (bicyclic) bond motifs is 13. The molecule has 6 aromatic heterocycles. The van der Waals surface area contributed by atoms with E-state index in [9.17, 15) is 0 Å². The molecule has 0 radical (unpaired) electrons. The van der Waals surface area contributed by atoms with Gasteiger partial charge in [-0.3, -0.25) is 0 Å². The van der Waals surface area contributed by atoms with Gasteiger partial charge in [-0.05, 0) is 57.6 Å². The lowest BCUT2D eigenvalue weighted by atomic mass is 9.95. The van der Waals surface area contributed by atoms with Crippen molar-refractivity contribution in [3.8, 4) is 45.6 Å². The Morgan fingerprint density at radius 2 is 0.985 bits per heavy atom. The molecule has 0 aliphatic heterocycles. The highest BCUT2D eigenvalue weighted by Crippen LogP contribution is 2.46. The van der Waals surface area contributed by atoms with Gasteiger partial charge in [-0.2, -0.15) is 0 Å². The number of pyridine rings is 1. The van der Waals surface area contributed by atoms with E-state index in [4.69, 9.17) is 24.9 Å². The molecule has 300 valence electrons. The summed E-state index contributed by atoms with van der Waals surface area (Å²) >= 11 is 3.48. The number of para-hydroxylation sites is 1. The SMILES string of the molecule is c1ccc2c(c1)cc1cccc3c4cccc5c6c(-c7ccc(-c8nc(-c9ncc%10sc%11ccccc%11c%10n9)nc(-c9cccc%10sc%11ccccc%11c9%10)n8)cc7)cccc6n(c45)c2c13. The third kappa shape index (κ3) is 5.00. The van der Waals surface area contributed by atoms with Crippen molar-refractivity contribution in [2.45, 2.75) is 0 Å². The Morgan fingerprint density at radius 3 is 1.89 bits per heavy atom. The van der Waals surface area contributed by atoms with E-state index >= 15 is 0 Å². The zero-order valence-corrected chi connectivity index (χ0v) is 36.0. The number of nitrogens with zero attached hydrogens (tertiary/aromatic N) is 6. The number of hydrogen-bond acceptors (Lipinski definition) is 7. The van der Waals surface area contributed by atoms with Crippen molar-refractivity contribution in [2.24, 2.45) is 0 Å². The maximum absolute atomic E-state index is 5.25. The fraction of sp³-hybridized carbons (Fsp3) is 0. The van der Waals surface area contributed by atoms with Gasteiger partial charge in [0.15, 0.2) is 17.5 Å².